The van der Waals surface area contributed by atoms with Crippen LogP contribution in [0.4, 0.5) is 0 Å². The van der Waals surface area contributed by atoms with Crippen LogP contribution in [0.3, 0.4) is 0 Å². The Morgan fingerprint density at radius 2 is 0.875 bits per heavy atom. The van der Waals surface area contributed by atoms with Crippen molar-refractivity contribution in [1.29, 1.82) is 0 Å². The summed E-state index contributed by atoms with van der Waals surface area (Å²) in [6.07, 6.45) is 3.79. The molecule has 0 saturated carbocycles. The molecule has 0 fully saturated rings. The van der Waals surface area contributed by atoms with Gasteiger partial charge in [0.25, 0.3) is 0 Å². The molecule has 0 spiro atoms. The molecule has 48 heavy (non-hydrogen) atoms. The first-order chi connectivity index (χ1) is 23.8. The molecule has 226 valence electrons. The number of benzene rings is 5. The molecular weight excluding hydrogens is 625 g/mol. The molecule has 0 saturated heterocycles. The van der Waals surface area contributed by atoms with Crippen molar-refractivity contribution in [2.24, 2.45) is 0 Å². The molecule has 4 aromatic heterocycles. The van der Waals surface area contributed by atoms with E-state index in [4.69, 9.17) is 9.97 Å². The summed E-state index contributed by atoms with van der Waals surface area (Å²) in [4.78, 5) is 19.1. The maximum atomic E-state index is 4.99. The second kappa shape index (κ2) is 12.1. The lowest BCUT2D eigenvalue weighted by Crippen LogP contribution is -1.95. The van der Waals surface area contributed by atoms with E-state index < -0.39 is 0 Å². The second-order valence-corrected chi connectivity index (χ2v) is 13.0. The average molecular weight is 651 g/mol. The number of aromatic nitrogens is 4. The van der Waals surface area contributed by atoms with Gasteiger partial charge in [0.1, 0.15) is 0 Å². The minimum Gasteiger partial charge on any atom is -0.256 e. The Bertz CT molecular complexity index is 2560. The van der Waals surface area contributed by atoms with Gasteiger partial charge in [-0.1, -0.05) is 91.0 Å². The standard InChI is InChI=1S/C42H26N4S2/c1-2-8-27(9-3-1)31-10-4-5-11-32(31)28-14-15-35-36(20-28)42(38-22-30(17-19-44-38)40-24-48-26-46-40)34-13-7-6-12-33(34)41(35)37-21-29(16-18-43-37)39-23-47-25-45-39/h1-26H. The maximum Gasteiger partial charge on any atom is 0.0812 e. The number of hydrogen-bond acceptors (Lipinski definition) is 6. The number of hydrogen-bond donors (Lipinski definition) is 0. The predicted molar refractivity (Wildman–Crippen MR) is 201 cm³/mol. The zero-order valence-electron chi connectivity index (χ0n) is 25.6. The van der Waals surface area contributed by atoms with Gasteiger partial charge in [0.15, 0.2) is 0 Å². The van der Waals surface area contributed by atoms with Crippen molar-refractivity contribution in [2.45, 2.75) is 0 Å². The van der Waals surface area contributed by atoms with Crippen molar-refractivity contribution >= 4 is 44.2 Å². The smallest absolute Gasteiger partial charge is 0.0812 e. The monoisotopic (exact) mass is 650 g/mol. The van der Waals surface area contributed by atoms with Crippen LogP contribution in [0, 0.1) is 0 Å². The molecule has 4 nitrogen and oxygen atoms in total. The van der Waals surface area contributed by atoms with Crippen LogP contribution >= 0.6 is 22.7 Å². The zero-order valence-corrected chi connectivity index (χ0v) is 27.2. The Morgan fingerprint density at radius 3 is 1.46 bits per heavy atom. The van der Waals surface area contributed by atoms with E-state index >= 15 is 0 Å². The number of rotatable bonds is 6. The lowest BCUT2D eigenvalue weighted by atomic mass is 9.86. The highest BCUT2D eigenvalue weighted by Crippen LogP contribution is 2.45. The van der Waals surface area contributed by atoms with E-state index in [1.165, 1.54) is 16.7 Å². The molecule has 0 aliphatic heterocycles. The Balaban J connectivity index is 1.36. The van der Waals surface area contributed by atoms with E-state index in [9.17, 15) is 0 Å². The van der Waals surface area contributed by atoms with Crippen LogP contribution in [0.1, 0.15) is 0 Å². The van der Waals surface area contributed by atoms with Gasteiger partial charge in [-0.15, -0.1) is 22.7 Å². The molecule has 0 unspecified atom stereocenters. The van der Waals surface area contributed by atoms with Gasteiger partial charge < -0.3 is 0 Å². The zero-order chi connectivity index (χ0) is 31.9. The molecule has 0 atom stereocenters. The van der Waals surface area contributed by atoms with Crippen molar-refractivity contribution < 1.29 is 0 Å². The number of nitrogens with zero attached hydrogens (tertiary/aromatic N) is 4. The van der Waals surface area contributed by atoms with E-state index in [1.807, 2.05) is 35.5 Å². The summed E-state index contributed by atoms with van der Waals surface area (Å²) in [6, 6.07) is 43.1. The van der Waals surface area contributed by atoms with Crippen LogP contribution in [0.5, 0.6) is 0 Å². The number of fused-ring (bicyclic) bond motifs is 2. The topological polar surface area (TPSA) is 51.6 Å². The van der Waals surface area contributed by atoms with Crippen molar-refractivity contribution in [2.75, 3.05) is 0 Å². The van der Waals surface area contributed by atoms with Crippen LogP contribution in [-0.4, -0.2) is 19.9 Å². The normalized spacial score (nSPS) is 11.3. The average Bonchev–Trinajstić information content (AvgIpc) is 3.90. The van der Waals surface area contributed by atoms with Crippen LogP contribution in [0.15, 0.2) is 156 Å². The lowest BCUT2D eigenvalue weighted by molar-refractivity contribution is 1.31. The molecule has 9 aromatic rings. The minimum absolute atomic E-state index is 0.908. The number of thiazole rings is 2. The summed E-state index contributed by atoms with van der Waals surface area (Å²) >= 11 is 3.20. The maximum absolute atomic E-state index is 4.99. The first-order valence-electron chi connectivity index (χ1n) is 15.6. The Morgan fingerprint density at radius 1 is 0.354 bits per heavy atom. The second-order valence-electron chi connectivity index (χ2n) is 11.6. The summed E-state index contributed by atoms with van der Waals surface area (Å²) < 4.78 is 0. The van der Waals surface area contributed by atoms with Crippen LogP contribution < -0.4 is 0 Å². The van der Waals surface area contributed by atoms with E-state index in [-0.39, 0.29) is 0 Å². The van der Waals surface area contributed by atoms with Crippen LogP contribution in [-0.2, 0) is 0 Å². The molecule has 0 aliphatic carbocycles. The molecule has 0 aliphatic rings. The summed E-state index contributed by atoms with van der Waals surface area (Å²) in [5.74, 6) is 0. The fourth-order valence-electron chi connectivity index (χ4n) is 6.67. The Labute approximate surface area is 285 Å². The van der Waals surface area contributed by atoms with E-state index in [0.29, 0.717) is 0 Å². The third kappa shape index (κ3) is 4.99. The molecule has 9 rings (SSSR count). The third-order valence-electron chi connectivity index (χ3n) is 8.84. The van der Waals surface area contributed by atoms with Crippen molar-refractivity contribution in [3.05, 3.63) is 156 Å². The quantitative estimate of drug-likeness (QED) is 0.168. The van der Waals surface area contributed by atoms with Crippen LogP contribution in [0.25, 0.3) is 88.8 Å². The first-order valence-corrected chi connectivity index (χ1v) is 17.5. The molecule has 6 heteroatoms. The van der Waals surface area contributed by atoms with Crippen LogP contribution in [0.2, 0.25) is 0 Å². The van der Waals surface area contributed by atoms with Gasteiger partial charge in [-0.2, -0.15) is 0 Å². The first kappa shape index (κ1) is 28.4. The molecule has 0 radical (unpaired) electrons. The molecule has 0 bridgehead atoms. The summed E-state index contributed by atoms with van der Waals surface area (Å²) in [5, 5.41) is 8.65. The van der Waals surface area contributed by atoms with E-state index in [0.717, 1.165) is 72.1 Å². The molecule has 5 aromatic carbocycles. The van der Waals surface area contributed by atoms with Crippen molar-refractivity contribution in [3.63, 3.8) is 0 Å². The van der Waals surface area contributed by atoms with Crippen molar-refractivity contribution in [1.82, 2.24) is 19.9 Å². The molecule has 4 heterocycles. The van der Waals surface area contributed by atoms with Gasteiger partial charge in [0.2, 0.25) is 0 Å². The lowest BCUT2D eigenvalue weighted by Gasteiger charge is -2.19. The molecular formula is C42H26N4S2. The van der Waals surface area contributed by atoms with Gasteiger partial charge in [-0.3, -0.25) is 9.97 Å². The van der Waals surface area contributed by atoms with Gasteiger partial charge in [-0.25, -0.2) is 9.97 Å². The highest BCUT2D eigenvalue weighted by Gasteiger charge is 2.20. The van der Waals surface area contributed by atoms with Gasteiger partial charge in [0, 0.05) is 45.4 Å². The summed E-state index contributed by atoms with van der Waals surface area (Å²) in [6.45, 7) is 0. The molecule has 0 N–H and O–H groups in total. The minimum atomic E-state index is 0.908. The van der Waals surface area contributed by atoms with E-state index in [1.54, 1.807) is 22.7 Å². The summed E-state index contributed by atoms with van der Waals surface area (Å²) in [7, 11) is 0. The Hall–Kier alpha value is -5.82. The SMILES string of the molecule is c1ccc(-c2ccccc2-c2ccc3c(-c4cc(-c5cscn5)ccn4)c4ccccc4c(-c4cc(-c5cscn5)ccn4)c3c2)cc1. The highest BCUT2D eigenvalue weighted by atomic mass is 32.1. The largest absolute Gasteiger partial charge is 0.256 e. The number of pyridine rings is 2. The van der Waals surface area contributed by atoms with Gasteiger partial charge in [-0.05, 0) is 74.1 Å². The Kier molecular flexibility index (Phi) is 7.15. The predicted octanol–water partition coefficient (Wildman–Crippen LogP) is 11.7. The van der Waals surface area contributed by atoms with Crippen molar-refractivity contribution in [3.8, 4) is 67.3 Å². The fraction of sp³-hybridized carbons (Fsp3) is 0. The highest BCUT2D eigenvalue weighted by molar-refractivity contribution is 7.08. The third-order valence-corrected chi connectivity index (χ3v) is 10.0. The van der Waals surface area contributed by atoms with E-state index in [2.05, 4.69) is 130 Å². The van der Waals surface area contributed by atoms with Gasteiger partial charge in [0.05, 0.1) is 33.8 Å². The molecule has 0 amide bonds. The fourth-order valence-corrected chi connectivity index (χ4v) is 7.79. The summed E-state index contributed by atoms with van der Waals surface area (Å²) in [5.41, 5.74) is 16.5. The van der Waals surface area contributed by atoms with Gasteiger partial charge >= 0.3 is 0 Å².